The summed E-state index contributed by atoms with van der Waals surface area (Å²) in [5.41, 5.74) is 1.41. The number of hydrogen-bond acceptors (Lipinski definition) is 2. The first-order valence-corrected chi connectivity index (χ1v) is 6.13. The Kier molecular flexibility index (Phi) is 3.97. The van der Waals surface area contributed by atoms with Crippen molar-refractivity contribution in [1.29, 1.82) is 0 Å². The van der Waals surface area contributed by atoms with Gasteiger partial charge in [0, 0.05) is 18.6 Å². The molecule has 2 heteroatoms. The average molecular weight is 219 g/mol. The molecular formula is C14H21NO. The molecule has 1 N–H and O–H groups in total. The largest absolute Gasteiger partial charge is 0.381 e. The molecule has 3 atom stereocenters. The summed E-state index contributed by atoms with van der Waals surface area (Å²) in [6, 6.07) is 11.2. The lowest BCUT2D eigenvalue weighted by atomic mass is 9.84. The summed E-state index contributed by atoms with van der Waals surface area (Å²) in [7, 11) is 2.06. The summed E-state index contributed by atoms with van der Waals surface area (Å²) < 4.78 is 5.49. The zero-order valence-corrected chi connectivity index (χ0v) is 10.1. The first-order valence-electron chi connectivity index (χ1n) is 6.13. The quantitative estimate of drug-likeness (QED) is 0.839. The third kappa shape index (κ3) is 2.45. The van der Waals surface area contributed by atoms with Crippen LogP contribution >= 0.6 is 0 Å². The van der Waals surface area contributed by atoms with Crippen molar-refractivity contribution >= 4 is 0 Å². The van der Waals surface area contributed by atoms with Crippen LogP contribution in [0.3, 0.4) is 0 Å². The second-order valence-corrected chi connectivity index (χ2v) is 4.64. The van der Waals surface area contributed by atoms with Gasteiger partial charge in [-0.3, -0.25) is 0 Å². The SMILES string of the molecule is CNC(C1CCOC1)C(C)c1ccccc1. The first kappa shape index (κ1) is 11.6. The van der Waals surface area contributed by atoms with Gasteiger partial charge in [-0.1, -0.05) is 37.3 Å². The lowest BCUT2D eigenvalue weighted by Crippen LogP contribution is -2.38. The molecule has 1 fully saturated rings. The molecule has 16 heavy (non-hydrogen) atoms. The fourth-order valence-electron chi connectivity index (χ4n) is 2.69. The summed E-state index contributed by atoms with van der Waals surface area (Å²) >= 11 is 0. The molecule has 0 bridgehead atoms. The number of ether oxygens (including phenoxy) is 1. The number of rotatable bonds is 4. The molecule has 1 aromatic rings. The lowest BCUT2D eigenvalue weighted by Gasteiger charge is -2.28. The van der Waals surface area contributed by atoms with Gasteiger partial charge in [0.25, 0.3) is 0 Å². The van der Waals surface area contributed by atoms with Crippen LogP contribution in [0.25, 0.3) is 0 Å². The van der Waals surface area contributed by atoms with E-state index in [9.17, 15) is 0 Å². The summed E-state index contributed by atoms with van der Waals surface area (Å²) in [6.45, 7) is 4.13. The normalized spacial score (nSPS) is 24.2. The number of hydrogen-bond donors (Lipinski definition) is 1. The second-order valence-electron chi connectivity index (χ2n) is 4.64. The number of benzene rings is 1. The molecule has 0 radical (unpaired) electrons. The molecule has 88 valence electrons. The molecule has 2 rings (SSSR count). The van der Waals surface area contributed by atoms with Gasteiger partial charge < -0.3 is 10.1 Å². The number of likely N-dealkylation sites (N-methyl/N-ethyl adjacent to an activating group) is 1. The summed E-state index contributed by atoms with van der Waals surface area (Å²) in [5, 5.41) is 3.46. The predicted octanol–water partition coefficient (Wildman–Crippen LogP) is 2.41. The van der Waals surface area contributed by atoms with E-state index in [1.54, 1.807) is 0 Å². The van der Waals surface area contributed by atoms with Crippen molar-refractivity contribution in [2.45, 2.75) is 25.3 Å². The molecule has 1 aliphatic rings. The highest BCUT2D eigenvalue weighted by Crippen LogP contribution is 2.28. The Labute approximate surface area is 98.0 Å². The van der Waals surface area contributed by atoms with E-state index in [1.807, 2.05) is 0 Å². The minimum Gasteiger partial charge on any atom is -0.381 e. The Hall–Kier alpha value is -0.860. The van der Waals surface area contributed by atoms with Crippen molar-refractivity contribution in [1.82, 2.24) is 5.32 Å². The lowest BCUT2D eigenvalue weighted by molar-refractivity contribution is 0.174. The van der Waals surface area contributed by atoms with Crippen LogP contribution in [-0.2, 0) is 4.74 Å². The van der Waals surface area contributed by atoms with Crippen molar-refractivity contribution in [2.75, 3.05) is 20.3 Å². The van der Waals surface area contributed by atoms with Crippen LogP contribution in [-0.4, -0.2) is 26.3 Å². The van der Waals surface area contributed by atoms with Gasteiger partial charge in [0.05, 0.1) is 6.61 Å². The Balaban J connectivity index is 2.08. The fraction of sp³-hybridized carbons (Fsp3) is 0.571. The molecule has 1 aliphatic heterocycles. The van der Waals surface area contributed by atoms with Gasteiger partial charge in [-0.15, -0.1) is 0 Å². The highest BCUT2D eigenvalue weighted by Gasteiger charge is 2.29. The van der Waals surface area contributed by atoms with Crippen molar-refractivity contribution in [3.8, 4) is 0 Å². The van der Waals surface area contributed by atoms with Crippen molar-refractivity contribution in [3.63, 3.8) is 0 Å². The average Bonchev–Trinajstić information content (AvgIpc) is 2.85. The second kappa shape index (κ2) is 5.46. The Morgan fingerprint density at radius 1 is 1.31 bits per heavy atom. The molecular weight excluding hydrogens is 198 g/mol. The molecule has 2 nitrogen and oxygen atoms in total. The van der Waals surface area contributed by atoms with Crippen LogP contribution in [0.15, 0.2) is 30.3 Å². The topological polar surface area (TPSA) is 21.3 Å². The van der Waals surface area contributed by atoms with Gasteiger partial charge >= 0.3 is 0 Å². The zero-order valence-electron chi connectivity index (χ0n) is 10.1. The molecule has 1 aromatic carbocycles. The molecule has 1 heterocycles. The predicted molar refractivity (Wildman–Crippen MR) is 66.6 cm³/mol. The molecule has 0 saturated carbocycles. The van der Waals surface area contributed by atoms with Crippen LogP contribution in [0, 0.1) is 5.92 Å². The van der Waals surface area contributed by atoms with E-state index in [4.69, 9.17) is 4.74 Å². The van der Waals surface area contributed by atoms with E-state index in [1.165, 1.54) is 12.0 Å². The highest BCUT2D eigenvalue weighted by molar-refractivity contribution is 5.21. The minimum absolute atomic E-state index is 0.518. The summed E-state index contributed by atoms with van der Waals surface area (Å²) in [4.78, 5) is 0. The minimum atomic E-state index is 0.518. The summed E-state index contributed by atoms with van der Waals surface area (Å²) in [6.07, 6.45) is 1.18. The first-order chi connectivity index (χ1) is 7.83. The van der Waals surface area contributed by atoms with E-state index in [-0.39, 0.29) is 0 Å². The van der Waals surface area contributed by atoms with Gasteiger partial charge in [0.2, 0.25) is 0 Å². The van der Waals surface area contributed by atoms with Crippen LogP contribution in [0.2, 0.25) is 0 Å². The molecule has 0 aliphatic carbocycles. The van der Waals surface area contributed by atoms with Crippen molar-refractivity contribution in [2.24, 2.45) is 5.92 Å². The van der Waals surface area contributed by atoms with Gasteiger partial charge in [-0.25, -0.2) is 0 Å². The third-order valence-corrected chi connectivity index (χ3v) is 3.67. The molecule has 0 spiro atoms. The van der Waals surface area contributed by atoms with E-state index in [2.05, 4.69) is 49.6 Å². The Morgan fingerprint density at radius 3 is 2.62 bits per heavy atom. The standard InChI is InChI=1S/C14H21NO/c1-11(12-6-4-3-5-7-12)14(15-2)13-8-9-16-10-13/h3-7,11,13-15H,8-10H2,1-2H3. The molecule has 0 amide bonds. The Bertz CT molecular complexity index is 306. The highest BCUT2D eigenvalue weighted by atomic mass is 16.5. The van der Waals surface area contributed by atoms with E-state index in [0.29, 0.717) is 17.9 Å². The maximum atomic E-state index is 5.49. The Morgan fingerprint density at radius 2 is 2.06 bits per heavy atom. The fourth-order valence-corrected chi connectivity index (χ4v) is 2.69. The summed E-state index contributed by atoms with van der Waals surface area (Å²) in [5.74, 6) is 1.19. The third-order valence-electron chi connectivity index (χ3n) is 3.67. The molecule has 3 unspecified atom stereocenters. The number of nitrogens with one attached hydrogen (secondary N) is 1. The van der Waals surface area contributed by atoms with Crippen LogP contribution < -0.4 is 5.32 Å². The van der Waals surface area contributed by atoms with E-state index in [0.717, 1.165) is 13.2 Å². The monoisotopic (exact) mass is 219 g/mol. The van der Waals surface area contributed by atoms with Crippen LogP contribution in [0.4, 0.5) is 0 Å². The van der Waals surface area contributed by atoms with Crippen molar-refractivity contribution < 1.29 is 4.74 Å². The van der Waals surface area contributed by atoms with Crippen LogP contribution in [0.5, 0.6) is 0 Å². The maximum absolute atomic E-state index is 5.49. The molecule has 0 aromatic heterocycles. The van der Waals surface area contributed by atoms with E-state index < -0.39 is 0 Å². The van der Waals surface area contributed by atoms with Gasteiger partial charge in [0.15, 0.2) is 0 Å². The van der Waals surface area contributed by atoms with Gasteiger partial charge in [0.1, 0.15) is 0 Å². The smallest absolute Gasteiger partial charge is 0.0510 e. The zero-order chi connectivity index (χ0) is 11.4. The van der Waals surface area contributed by atoms with Gasteiger partial charge in [-0.05, 0) is 24.9 Å². The van der Waals surface area contributed by atoms with Crippen molar-refractivity contribution in [3.05, 3.63) is 35.9 Å². The maximum Gasteiger partial charge on any atom is 0.0510 e. The molecule has 1 saturated heterocycles. The van der Waals surface area contributed by atoms with Crippen LogP contribution in [0.1, 0.15) is 24.8 Å². The van der Waals surface area contributed by atoms with E-state index >= 15 is 0 Å². The van der Waals surface area contributed by atoms with Gasteiger partial charge in [-0.2, -0.15) is 0 Å².